The molecule has 0 atom stereocenters. The van der Waals surface area contributed by atoms with E-state index in [9.17, 15) is 4.79 Å². The summed E-state index contributed by atoms with van der Waals surface area (Å²) in [7, 11) is 0. The first kappa shape index (κ1) is 13.8. The van der Waals surface area contributed by atoms with Gasteiger partial charge in [-0.25, -0.2) is 0 Å². The lowest BCUT2D eigenvalue weighted by atomic mass is 10.0. The van der Waals surface area contributed by atoms with Gasteiger partial charge in [-0.3, -0.25) is 4.79 Å². The third-order valence-electron chi connectivity index (χ3n) is 3.17. The van der Waals surface area contributed by atoms with Crippen LogP contribution < -0.4 is 5.32 Å². The molecule has 0 aliphatic carbocycles. The number of anilines is 1. The Morgan fingerprint density at radius 2 is 1.95 bits per heavy atom. The molecule has 0 saturated heterocycles. The second-order valence-electron chi connectivity index (χ2n) is 4.81. The molecule has 20 heavy (non-hydrogen) atoms. The molecule has 1 amide bonds. The minimum atomic E-state index is -0.111. The summed E-state index contributed by atoms with van der Waals surface area (Å²) in [5, 5.41) is 11.8. The van der Waals surface area contributed by atoms with Gasteiger partial charge in [0.1, 0.15) is 6.07 Å². The largest absolute Gasteiger partial charge is 0.325 e. The standard InChI is InChI=1S/C17H16N2O/c1-12-7-8-14(13(2)9-12)10-17(20)19-16-6-4-3-5-15(16)11-18/h3-9H,10H2,1-2H3,(H,19,20). The van der Waals surface area contributed by atoms with E-state index >= 15 is 0 Å². The van der Waals surface area contributed by atoms with E-state index in [-0.39, 0.29) is 5.91 Å². The summed E-state index contributed by atoms with van der Waals surface area (Å²) in [6, 6.07) is 15.1. The molecule has 0 aromatic heterocycles. The van der Waals surface area contributed by atoms with Gasteiger partial charge < -0.3 is 5.32 Å². The molecule has 0 fully saturated rings. The lowest BCUT2D eigenvalue weighted by molar-refractivity contribution is -0.115. The zero-order chi connectivity index (χ0) is 14.5. The molecule has 3 nitrogen and oxygen atoms in total. The monoisotopic (exact) mass is 264 g/mol. The van der Waals surface area contributed by atoms with Gasteiger partial charge in [0.05, 0.1) is 17.7 Å². The molecule has 0 radical (unpaired) electrons. The van der Waals surface area contributed by atoms with Gasteiger partial charge in [0.15, 0.2) is 0 Å². The van der Waals surface area contributed by atoms with Crippen molar-refractivity contribution in [1.82, 2.24) is 0 Å². The normalized spacial score (nSPS) is 9.85. The Morgan fingerprint density at radius 1 is 1.20 bits per heavy atom. The SMILES string of the molecule is Cc1ccc(CC(=O)Nc2ccccc2C#N)c(C)c1. The van der Waals surface area contributed by atoms with Crippen LogP contribution in [0.5, 0.6) is 0 Å². The molecule has 0 saturated carbocycles. The number of hydrogen-bond donors (Lipinski definition) is 1. The first-order chi connectivity index (χ1) is 9.60. The van der Waals surface area contributed by atoms with E-state index in [1.807, 2.05) is 26.0 Å². The maximum atomic E-state index is 12.1. The number of carbonyl (C=O) groups is 1. The molecule has 3 heteroatoms. The summed E-state index contributed by atoms with van der Waals surface area (Å²) in [6.45, 7) is 4.03. The van der Waals surface area contributed by atoms with Gasteiger partial charge >= 0.3 is 0 Å². The molecule has 0 aliphatic rings. The van der Waals surface area contributed by atoms with Gasteiger partial charge in [-0.2, -0.15) is 5.26 Å². The number of amides is 1. The quantitative estimate of drug-likeness (QED) is 0.924. The van der Waals surface area contributed by atoms with Gasteiger partial charge in [-0.1, -0.05) is 35.9 Å². The van der Waals surface area contributed by atoms with Crippen molar-refractivity contribution in [3.05, 3.63) is 64.7 Å². The van der Waals surface area contributed by atoms with Crippen molar-refractivity contribution in [1.29, 1.82) is 5.26 Å². The van der Waals surface area contributed by atoms with Crippen LogP contribution in [0, 0.1) is 25.2 Å². The average Bonchev–Trinajstić information content (AvgIpc) is 2.42. The van der Waals surface area contributed by atoms with Crippen LogP contribution in [-0.4, -0.2) is 5.91 Å². The lowest BCUT2D eigenvalue weighted by Gasteiger charge is -2.09. The number of nitrogens with zero attached hydrogens (tertiary/aromatic N) is 1. The molecule has 0 aliphatic heterocycles. The second kappa shape index (κ2) is 6.03. The van der Waals surface area contributed by atoms with Crippen molar-refractivity contribution in [3.63, 3.8) is 0 Å². The molecule has 2 aromatic carbocycles. The summed E-state index contributed by atoms with van der Waals surface area (Å²) in [5.74, 6) is -0.111. The van der Waals surface area contributed by atoms with Gasteiger partial charge in [-0.15, -0.1) is 0 Å². The zero-order valence-corrected chi connectivity index (χ0v) is 11.6. The van der Waals surface area contributed by atoms with E-state index in [1.54, 1.807) is 24.3 Å². The van der Waals surface area contributed by atoms with Crippen LogP contribution in [-0.2, 0) is 11.2 Å². The number of nitriles is 1. The van der Waals surface area contributed by atoms with E-state index in [2.05, 4.69) is 17.5 Å². The Hall–Kier alpha value is -2.60. The predicted molar refractivity (Wildman–Crippen MR) is 79.4 cm³/mol. The van der Waals surface area contributed by atoms with Crippen LogP contribution in [0.2, 0.25) is 0 Å². The summed E-state index contributed by atoms with van der Waals surface area (Å²) >= 11 is 0. The van der Waals surface area contributed by atoms with Crippen molar-refractivity contribution in [3.8, 4) is 6.07 Å². The topological polar surface area (TPSA) is 52.9 Å². The summed E-state index contributed by atoms with van der Waals surface area (Å²) in [5.41, 5.74) is 4.32. The number of aryl methyl sites for hydroxylation is 2. The highest BCUT2D eigenvalue weighted by atomic mass is 16.1. The molecule has 2 rings (SSSR count). The van der Waals surface area contributed by atoms with E-state index < -0.39 is 0 Å². The molecule has 0 bridgehead atoms. The van der Waals surface area contributed by atoms with E-state index in [1.165, 1.54) is 5.56 Å². The Bertz CT molecular complexity index is 684. The van der Waals surface area contributed by atoms with Crippen molar-refractivity contribution < 1.29 is 4.79 Å². The number of para-hydroxylation sites is 1. The average molecular weight is 264 g/mol. The van der Waals surface area contributed by atoms with Gasteiger partial charge in [-0.05, 0) is 37.1 Å². The van der Waals surface area contributed by atoms with Crippen molar-refractivity contribution >= 4 is 11.6 Å². The summed E-state index contributed by atoms with van der Waals surface area (Å²) < 4.78 is 0. The summed E-state index contributed by atoms with van der Waals surface area (Å²) in [6.07, 6.45) is 0.311. The van der Waals surface area contributed by atoms with Gasteiger partial charge in [0.2, 0.25) is 5.91 Å². The van der Waals surface area contributed by atoms with Crippen LogP contribution in [0.3, 0.4) is 0 Å². The first-order valence-electron chi connectivity index (χ1n) is 6.45. The number of rotatable bonds is 3. The molecule has 2 aromatic rings. The number of carbonyl (C=O) groups excluding carboxylic acids is 1. The van der Waals surface area contributed by atoms with E-state index in [0.29, 0.717) is 17.7 Å². The van der Waals surface area contributed by atoms with Crippen molar-refractivity contribution in [2.24, 2.45) is 0 Å². The number of hydrogen-bond acceptors (Lipinski definition) is 2. The fraction of sp³-hybridized carbons (Fsp3) is 0.176. The maximum absolute atomic E-state index is 12.1. The predicted octanol–water partition coefficient (Wildman–Crippen LogP) is 3.36. The van der Waals surface area contributed by atoms with E-state index in [4.69, 9.17) is 5.26 Å². The number of nitrogens with one attached hydrogen (secondary N) is 1. The van der Waals surface area contributed by atoms with Crippen LogP contribution >= 0.6 is 0 Å². The van der Waals surface area contributed by atoms with Crippen molar-refractivity contribution in [2.75, 3.05) is 5.32 Å². The highest BCUT2D eigenvalue weighted by Gasteiger charge is 2.08. The highest BCUT2D eigenvalue weighted by molar-refractivity contribution is 5.93. The lowest BCUT2D eigenvalue weighted by Crippen LogP contribution is -2.15. The fourth-order valence-electron chi connectivity index (χ4n) is 2.10. The summed E-state index contributed by atoms with van der Waals surface area (Å²) in [4.78, 5) is 12.1. The Kier molecular flexibility index (Phi) is 4.17. The molecular formula is C17H16N2O. The van der Waals surface area contributed by atoms with Crippen molar-refractivity contribution in [2.45, 2.75) is 20.3 Å². The number of benzene rings is 2. The Morgan fingerprint density at radius 3 is 2.65 bits per heavy atom. The molecule has 1 N–H and O–H groups in total. The Balaban J connectivity index is 2.11. The minimum absolute atomic E-state index is 0.111. The second-order valence-corrected chi connectivity index (χ2v) is 4.81. The molecule has 0 unspecified atom stereocenters. The van der Waals surface area contributed by atoms with Gasteiger partial charge in [0.25, 0.3) is 0 Å². The zero-order valence-electron chi connectivity index (χ0n) is 11.6. The molecular weight excluding hydrogens is 248 g/mol. The third-order valence-corrected chi connectivity index (χ3v) is 3.17. The first-order valence-corrected chi connectivity index (χ1v) is 6.45. The fourth-order valence-corrected chi connectivity index (χ4v) is 2.10. The minimum Gasteiger partial charge on any atom is -0.325 e. The Labute approximate surface area is 118 Å². The smallest absolute Gasteiger partial charge is 0.228 e. The van der Waals surface area contributed by atoms with Crippen LogP contribution in [0.1, 0.15) is 22.3 Å². The molecule has 0 spiro atoms. The highest BCUT2D eigenvalue weighted by Crippen LogP contribution is 2.15. The van der Waals surface area contributed by atoms with Crippen LogP contribution in [0.4, 0.5) is 5.69 Å². The molecule has 100 valence electrons. The third kappa shape index (κ3) is 3.24. The van der Waals surface area contributed by atoms with E-state index in [0.717, 1.165) is 11.1 Å². The maximum Gasteiger partial charge on any atom is 0.228 e. The van der Waals surface area contributed by atoms with Gasteiger partial charge in [0, 0.05) is 0 Å². The molecule has 0 heterocycles. The van der Waals surface area contributed by atoms with Crippen LogP contribution in [0.25, 0.3) is 0 Å². The van der Waals surface area contributed by atoms with Crippen LogP contribution in [0.15, 0.2) is 42.5 Å².